The van der Waals surface area contributed by atoms with Crippen LogP contribution >= 0.6 is 0 Å². The van der Waals surface area contributed by atoms with Crippen molar-refractivity contribution < 1.29 is 0 Å². The van der Waals surface area contributed by atoms with Crippen molar-refractivity contribution in [3.05, 3.63) is 17.6 Å². The fourth-order valence-electron chi connectivity index (χ4n) is 3.52. The van der Waals surface area contributed by atoms with Gasteiger partial charge in [0.1, 0.15) is 12.1 Å². The van der Waals surface area contributed by atoms with Gasteiger partial charge in [-0.3, -0.25) is 0 Å². The third-order valence-corrected chi connectivity index (χ3v) is 5.06. The summed E-state index contributed by atoms with van der Waals surface area (Å²) in [5, 5.41) is 3.71. The molecule has 1 aromatic heterocycles. The van der Waals surface area contributed by atoms with E-state index in [1.165, 1.54) is 43.4 Å². The van der Waals surface area contributed by atoms with E-state index in [-0.39, 0.29) is 0 Å². The summed E-state index contributed by atoms with van der Waals surface area (Å²) in [6.45, 7) is 4.77. The third kappa shape index (κ3) is 2.75. The smallest absolute Gasteiger partial charge is 0.133 e. The standard InChI is InChI=1S/C16H25N3/c1-11-7-8-13(9-12(11)2)19-16-14-5-3-4-6-15(14)17-10-18-16/h10-13H,3-9H2,1-2H3,(H,17,18,19). The number of rotatable bonds is 2. The molecule has 19 heavy (non-hydrogen) atoms. The van der Waals surface area contributed by atoms with Gasteiger partial charge >= 0.3 is 0 Å². The summed E-state index contributed by atoms with van der Waals surface area (Å²) in [4.78, 5) is 8.96. The predicted octanol–water partition coefficient (Wildman–Crippen LogP) is 3.59. The second-order valence-corrected chi connectivity index (χ2v) is 6.46. The highest BCUT2D eigenvalue weighted by Crippen LogP contribution is 2.32. The molecule has 1 fully saturated rings. The maximum absolute atomic E-state index is 4.51. The molecule has 2 aliphatic rings. The Labute approximate surface area is 116 Å². The Morgan fingerprint density at radius 3 is 2.74 bits per heavy atom. The minimum absolute atomic E-state index is 0.604. The fraction of sp³-hybridized carbons (Fsp3) is 0.750. The normalized spacial score (nSPS) is 30.7. The van der Waals surface area contributed by atoms with Gasteiger partial charge in [-0.05, 0) is 56.8 Å². The first kappa shape index (κ1) is 12.9. The van der Waals surface area contributed by atoms with Crippen LogP contribution in [0.4, 0.5) is 5.82 Å². The van der Waals surface area contributed by atoms with Crippen molar-refractivity contribution in [1.29, 1.82) is 0 Å². The lowest BCUT2D eigenvalue weighted by atomic mass is 9.79. The molecule has 0 bridgehead atoms. The number of aryl methyl sites for hydroxylation is 1. The topological polar surface area (TPSA) is 37.8 Å². The Balaban J connectivity index is 1.73. The number of hydrogen-bond donors (Lipinski definition) is 1. The Morgan fingerprint density at radius 2 is 1.89 bits per heavy atom. The van der Waals surface area contributed by atoms with Gasteiger partial charge in [-0.25, -0.2) is 9.97 Å². The lowest BCUT2D eigenvalue weighted by molar-refractivity contribution is 0.260. The van der Waals surface area contributed by atoms with Crippen molar-refractivity contribution >= 4 is 5.82 Å². The highest BCUT2D eigenvalue weighted by atomic mass is 15.0. The summed E-state index contributed by atoms with van der Waals surface area (Å²) >= 11 is 0. The zero-order chi connectivity index (χ0) is 13.2. The zero-order valence-electron chi connectivity index (χ0n) is 12.2. The van der Waals surface area contributed by atoms with E-state index in [1.54, 1.807) is 6.33 Å². The maximum Gasteiger partial charge on any atom is 0.133 e. The number of fused-ring (bicyclic) bond motifs is 1. The Hall–Kier alpha value is -1.12. The van der Waals surface area contributed by atoms with E-state index in [0.29, 0.717) is 6.04 Å². The van der Waals surface area contributed by atoms with Gasteiger partial charge in [0.25, 0.3) is 0 Å². The number of anilines is 1. The Bertz CT molecular complexity index is 444. The summed E-state index contributed by atoms with van der Waals surface area (Å²) in [6.07, 6.45) is 10.5. The second kappa shape index (κ2) is 5.48. The molecule has 0 spiro atoms. The predicted molar refractivity (Wildman–Crippen MR) is 78.3 cm³/mol. The van der Waals surface area contributed by atoms with E-state index in [9.17, 15) is 0 Å². The monoisotopic (exact) mass is 259 g/mol. The van der Waals surface area contributed by atoms with Gasteiger partial charge in [0, 0.05) is 17.3 Å². The van der Waals surface area contributed by atoms with Crippen LogP contribution in [0.2, 0.25) is 0 Å². The van der Waals surface area contributed by atoms with Gasteiger partial charge < -0.3 is 5.32 Å². The minimum atomic E-state index is 0.604. The first-order valence-corrected chi connectivity index (χ1v) is 7.83. The number of nitrogens with one attached hydrogen (secondary N) is 1. The molecule has 3 nitrogen and oxygen atoms in total. The molecule has 104 valence electrons. The molecule has 0 amide bonds. The van der Waals surface area contributed by atoms with Crippen LogP contribution in [0.25, 0.3) is 0 Å². The maximum atomic E-state index is 4.51. The minimum Gasteiger partial charge on any atom is -0.367 e. The first-order valence-electron chi connectivity index (χ1n) is 7.83. The molecule has 2 aliphatic carbocycles. The van der Waals surface area contributed by atoms with Crippen molar-refractivity contribution in [3.63, 3.8) is 0 Å². The number of hydrogen-bond acceptors (Lipinski definition) is 3. The summed E-state index contributed by atoms with van der Waals surface area (Å²) in [7, 11) is 0. The van der Waals surface area contributed by atoms with Crippen LogP contribution in [0.5, 0.6) is 0 Å². The van der Waals surface area contributed by atoms with Crippen molar-refractivity contribution in [2.45, 2.75) is 64.8 Å². The average molecular weight is 259 g/mol. The number of aromatic nitrogens is 2. The van der Waals surface area contributed by atoms with Gasteiger partial charge in [-0.15, -0.1) is 0 Å². The van der Waals surface area contributed by atoms with Crippen LogP contribution in [0.1, 0.15) is 57.2 Å². The van der Waals surface area contributed by atoms with Crippen molar-refractivity contribution in [2.24, 2.45) is 11.8 Å². The quantitative estimate of drug-likeness (QED) is 0.882. The van der Waals surface area contributed by atoms with E-state index < -0.39 is 0 Å². The molecule has 3 heteroatoms. The van der Waals surface area contributed by atoms with Crippen molar-refractivity contribution in [2.75, 3.05) is 5.32 Å². The summed E-state index contributed by atoms with van der Waals surface area (Å²) in [5.74, 6) is 2.82. The number of nitrogens with zero attached hydrogens (tertiary/aromatic N) is 2. The van der Waals surface area contributed by atoms with Gasteiger partial charge in [0.15, 0.2) is 0 Å². The lowest BCUT2D eigenvalue weighted by Crippen LogP contribution is -2.31. The fourth-order valence-corrected chi connectivity index (χ4v) is 3.52. The van der Waals surface area contributed by atoms with Crippen LogP contribution in [0, 0.1) is 11.8 Å². The Morgan fingerprint density at radius 1 is 1.05 bits per heavy atom. The van der Waals surface area contributed by atoms with Gasteiger partial charge in [-0.2, -0.15) is 0 Å². The highest BCUT2D eigenvalue weighted by Gasteiger charge is 2.25. The van der Waals surface area contributed by atoms with Gasteiger partial charge in [0.2, 0.25) is 0 Å². The first-order chi connectivity index (χ1) is 9.24. The lowest BCUT2D eigenvalue weighted by Gasteiger charge is -2.33. The highest BCUT2D eigenvalue weighted by molar-refractivity contribution is 5.47. The van der Waals surface area contributed by atoms with E-state index >= 15 is 0 Å². The SMILES string of the molecule is CC1CCC(Nc2ncnc3c2CCCC3)CC1C. The van der Waals surface area contributed by atoms with Crippen molar-refractivity contribution in [3.8, 4) is 0 Å². The molecule has 3 unspecified atom stereocenters. The molecule has 0 saturated heterocycles. The summed E-state index contributed by atoms with van der Waals surface area (Å²) in [5.41, 5.74) is 2.67. The molecule has 3 atom stereocenters. The largest absolute Gasteiger partial charge is 0.367 e. The van der Waals surface area contributed by atoms with Crippen LogP contribution in [0.15, 0.2) is 6.33 Å². The molecule has 3 rings (SSSR count). The molecular formula is C16H25N3. The van der Waals surface area contributed by atoms with E-state index in [4.69, 9.17) is 0 Å². The Kier molecular flexibility index (Phi) is 3.72. The molecular weight excluding hydrogens is 234 g/mol. The van der Waals surface area contributed by atoms with Gasteiger partial charge in [0.05, 0.1) is 0 Å². The second-order valence-electron chi connectivity index (χ2n) is 6.46. The molecule has 1 saturated carbocycles. The van der Waals surface area contributed by atoms with Crippen LogP contribution in [-0.2, 0) is 12.8 Å². The molecule has 1 aromatic rings. The van der Waals surface area contributed by atoms with Crippen molar-refractivity contribution in [1.82, 2.24) is 9.97 Å². The van der Waals surface area contributed by atoms with E-state index in [0.717, 1.165) is 30.5 Å². The van der Waals surface area contributed by atoms with E-state index in [2.05, 4.69) is 29.1 Å². The van der Waals surface area contributed by atoms with Crippen LogP contribution in [-0.4, -0.2) is 16.0 Å². The molecule has 1 N–H and O–H groups in total. The molecule has 0 aromatic carbocycles. The van der Waals surface area contributed by atoms with Crippen LogP contribution < -0.4 is 5.32 Å². The molecule has 0 aliphatic heterocycles. The molecule has 1 heterocycles. The average Bonchev–Trinajstić information content (AvgIpc) is 2.43. The summed E-state index contributed by atoms with van der Waals surface area (Å²) < 4.78 is 0. The van der Waals surface area contributed by atoms with E-state index in [1.807, 2.05) is 0 Å². The summed E-state index contributed by atoms with van der Waals surface area (Å²) in [6, 6.07) is 0.604. The van der Waals surface area contributed by atoms with Crippen LogP contribution in [0.3, 0.4) is 0 Å². The third-order valence-electron chi connectivity index (χ3n) is 5.06. The molecule has 0 radical (unpaired) electrons. The van der Waals surface area contributed by atoms with Gasteiger partial charge in [-0.1, -0.05) is 13.8 Å². The zero-order valence-corrected chi connectivity index (χ0v) is 12.2.